The molecule has 4 nitrogen and oxygen atoms in total. The molecule has 1 aliphatic heterocycles. The van der Waals surface area contributed by atoms with Crippen molar-refractivity contribution in [3.8, 4) is 0 Å². The molecule has 2 N–H and O–H groups in total. The van der Waals surface area contributed by atoms with Crippen LogP contribution in [0.1, 0.15) is 33.6 Å². The Morgan fingerprint density at radius 3 is 2.79 bits per heavy atom. The van der Waals surface area contributed by atoms with E-state index >= 15 is 0 Å². The van der Waals surface area contributed by atoms with E-state index in [1.54, 1.807) is 0 Å². The van der Waals surface area contributed by atoms with Crippen LogP contribution in [0.3, 0.4) is 0 Å². The number of alkyl carbamates (subject to hydrolysis) is 1. The third-order valence-electron chi connectivity index (χ3n) is 1.71. The van der Waals surface area contributed by atoms with Gasteiger partial charge in [-0.2, -0.15) is 0 Å². The smallest absolute Gasteiger partial charge is 0.411 e. The number of amides is 1. The lowest BCUT2D eigenvalue weighted by Crippen LogP contribution is -2.33. The van der Waals surface area contributed by atoms with Crippen molar-refractivity contribution >= 4 is 6.09 Å². The van der Waals surface area contributed by atoms with E-state index in [2.05, 4.69) is 10.6 Å². The van der Waals surface area contributed by atoms with E-state index in [-0.39, 0.29) is 6.09 Å². The van der Waals surface area contributed by atoms with Crippen molar-refractivity contribution in [2.24, 2.45) is 0 Å². The molecule has 0 aromatic heterocycles. The zero-order valence-corrected chi connectivity index (χ0v) is 9.02. The second-order valence-corrected chi connectivity index (χ2v) is 4.35. The summed E-state index contributed by atoms with van der Waals surface area (Å²) in [7, 11) is 0. The Morgan fingerprint density at radius 1 is 1.57 bits per heavy atom. The quantitative estimate of drug-likeness (QED) is 0.674. The van der Waals surface area contributed by atoms with Crippen molar-refractivity contribution in [2.45, 2.75) is 39.2 Å². The van der Waals surface area contributed by atoms with E-state index in [4.69, 9.17) is 4.74 Å². The highest BCUT2D eigenvalue weighted by molar-refractivity contribution is 5.69. The van der Waals surface area contributed by atoms with Gasteiger partial charge in [-0.05, 0) is 33.6 Å². The zero-order chi connectivity index (χ0) is 10.6. The van der Waals surface area contributed by atoms with Gasteiger partial charge in [0.05, 0.1) is 0 Å². The van der Waals surface area contributed by atoms with Gasteiger partial charge in [0, 0.05) is 18.4 Å². The van der Waals surface area contributed by atoms with Crippen LogP contribution >= 0.6 is 0 Å². The Kier molecular flexibility index (Phi) is 3.38. The number of carbonyl (C=O) groups excluding carboxylic acids is 1. The fourth-order valence-corrected chi connectivity index (χ4v) is 1.18. The number of ether oxygens (including phenoxy) is 1. The summed E-state index contributed by atoms with van der Waals surface area (Å²) in [6.07, 6.45) is 3.38. The van der Waals surface area contributed by atoms with Crippen molar-refractivity contribution in [2.75, 3.05) is 6.54 Å². The lowest BCUT2D eigenvalue weighted by atomic mass is 10.2. The monoisotopic (exact) mass is 198 g/mol. The van der Waals surface area contributed by atoms with E-state index in [1.165, 1.54) is 0 Å². The van der Waals surface area contributed by atoms with Crippen LogP contribution in [0.25, 0.3) is 0 Å². The molecule has 0 unspecified atom stereocenters. The van der Waals surface area contributed by atoms with E-state index in [1.807, 2.05) is 27.0 Å². The normalized spacial score (nSPS) is 16.6. The second kappa shape index (κ2) is 4.35. The molecule has 0 aromatic carbocycles. The van der Waals surface area contributed by atoms with E-state index in [0.29, 0.717) is 0 Å². The van der Waals surface area contributed by atoms with Crippen molar-refractivity contribution in [3.63, 3.8) is 0 Å². The lowest BCUT2D eigenvalue weighted by molar-refractivity contribution is 0.0543. The molecule has 0 radical (unpaired) electrons. The predicted octanol–water partition coefficient (Wildman–Crippen LogP) is 1.74. The van der Waals surface area contributed by atoms with E-state index in [9.17, 15) is 4.79 Å². The third-order valence-corrected chi connectivity index (χ3v) is 1.71. The molecule has 14 heavy (non-hydrogen) atoms. The number of allylic oxidation sites excluding steroid dienone is 1. The summed E-state index contributed by atoms with van der Waals surface area (Å²) in [6.45, 7) is 6.51. The minimum Gasteiger partial charge on any atom is -0.444 e. The molecular weight excluding hydrogens is 180 g/mol. The van der Waals surface area contributed by atoms with Gasteiger partial charge < -0.3 is 10.1 Å². The summed E-state index contributed by atoms with van der Waals surface area (Å²) in [6, 6.07) is 0. The van der Waals surface area contributed by atoms with Gasteiger partial charge in [0.1, 0.15) is 5.60 Å². The predicted molar refractivity (Wildman–Crippen MR) is 54.7 cm³/mol. The summed E-state index contributed by atoms with van der Waals surface area (Å²) in [5, 5.41) is 5.78. The SMILES string of the molecule is CC(C)(C)OC(=O)NC1=CNCCC1. The molecule has 0 aliphatic carbocycles. The first-order valence-electron chi connectivity index (χ1n) is 4.90. The Balaban J connectivity index is 2.36. The highest BCUT2D eigenvalue weighted by atomic mass is 16.6. The Morgan fingerprint density at radius 2 is 2.29 bits per heavy atom. The standard InChI is InChI=1S/C10H18N2O2/c1-10(2,3)14-9(13)12-8-5-4-6-11-7-8/h7,11H,4-6H2,1-3H3,(H,12,13). The van der Waals surface area contributed by atoms with Gasteiger partial charge in [-0.1, -0.05) is 0 Å². The molecule has 1 amide bonds. The minimum atomic E-state index is -0.438. The maximum Gasteiger partial charge on any atom is 0.411 e. The van der Waals surface area contributed by atoms with Crippen LogP contribution in [0.15, 0.2) is 11.9 Å². The molecule has 0 aromatic rings. The minimum absolute atomic E-state index is 0.382. The maximum absolute atomic E-state index is 11.3. The van der Waals surface area contributed by atoms with Crippen molar-refractivity contribution < 1.29 is 9.53 Å². The third kappa shape index (κ3) is 4.16. The van der Waals surface area contributed by atoms with Crippen LogP contribution in [-0.2, 0) is 4.74 Å². The largest absolute Gasteiger partial charge is 0.444 e. The number of rotatable bonds is 1. The summed E-state index contributed by atoms with van der Waals surface area (Å²) < 4.78 is 5.12. The van der Waals surface area contributed by atoms with Crippen LogP contribution in [-0.4, -0.2) is 18.2 Å². The summed E-state index contributed by atoms with van der Waals surface area (Å²) in [4.78, 5) is 11.3. The molecular formula is C10H18N2O2. The molecule has 0 bridgehead atoms. The molecule has 1 heterocycles. The molecule has 0 atom stereocenters. The molecule has 0 saturated heterocycles. The van der Waals surface area contributed by atoms with Crippen LogP contribution in [0.4, 0.5) is 4.79 Å². The molecule has 80 valence electrons. The molecule has 0 spiro atoms. The van der Waals surface area contributed by atoms with Gasteiger partial charge in [-0.25, -0.2) is 4.79 Å². The van der Waals surface area contributed by atoms with Gasteiger partial charge in [0.25, 0.3) is 0 Å². The van der Waals surface area contributed by atoms with E-state index in [0.717, 1.165) is 25.1 Å². The van der Waals surface area contributed by atoms with Crippen LogP contribution in [0.5, 0.6) is 0 Å². The fourth-order valence-electron chi connectivity index (χ4n) is 1.18. The highest BCUT2D eigenvalue weighted by Crippen LogP contribution is 2.09. The number of carbonyl (C=O) groups is 1. The van der Waals surface area contributed by atoms with Crippen LogP contribution < -0.4 is 10.6 Å². The number of hydrogen-bond acceptors (Lipinski definition) is 3. The Hall–Kier alpha value is -1.19. The molecule has 0 fully saturated rings. The summed E-state index contributed by atoms with van der Waals surface area (Å²) >= 11 is 0. The summed E-state index contributed by atoms with van der Waals surface area (Å²) in [5.41, 5.74) is 0.456. The molecule has 4 heteroatoms. The number of hydrogen-bond donors (Lipinski definition) is 2. The highest BCUT2D eigenvalue weighted by Gasteiger charge is 2.17. The van der Waals surface area contributed by atoms with Gasteiger partial charge in [-0.15, -0.1) is 0 Å². The Labute approximate surface area is 84.7 Å². The second-order valence-electron chi connectivity index (χ2n) is 4.35. The number of nitrogens with one attached hydrogen (secondary N) is 2. The molecule has 0 saturated carbocycles. The first kappa shape index (κ1) is 10.9. The maximum atomic E-state index is 11.3. The van der Waals surface area contributed by atoms with Gasteiger partial charge >= 0.3 is 6.09 Å². The van der Waals surface area contributed by atoms with Crippen LogP contribution in [0.2, 0.25) is 0 Å². The van der Waals surface area contributed by atoms with Gasteiger partial charge in [0.2, 0.25) is 0 Å². The average molecular weight is 198 g/mol. The van der Waals surface area contributed by atoms with Gasteiger partial charge in [-0.3, -0.25) is 5.32 Å². The average Bonchev–Trinajstić information content (AvgIpc) is 2.02. The summed E-state index contributed by atoms with van der Waals surface area (Å²) in [5.74, 6) is 0. The van der Waals surface area contributed by atoms with Gasteiger partial charge in [0.15, 0.2) is 0 Å². The molecule has 1 aliphatic rings. The zero-order valence-electron chi connectivity index (χ0n) is 9.02. The topological polar surface area (TPSA) is 50.4 Å². The van der Waals surface area contributed by atoms with Crippen molar-refractivity contribution in [3.05, 3.63) is 11.9 Å². The first-order valence-corrected chi connectivity index (χ1v) is 4.90. The Bertz CT molecular complexity index is 241. The molecule has 1 rings (SSSR count). The fraction of sp³-hybridized carbons (Fsp3) is 0.700. The lowest BCUT2D eigenvalue weighted by Gasteiger charge is -2.21. The van der Waals surface area contributed by atoms with Crippen molar-refractivity contribution in [1.82, 2.24) is 10.6 Å². The van der Waals surface area contributed by atoms with E-state index < -0.39 is 5.60 Å². The van der Waals surface area contributed by atoms with Crippen molar-refractivity contribution in [1.29, 1.82) is 0 Å². The first-order chi connectivity index (χ1) is 6.47. The van der Waals surface area contributed by atoms with Crippen LogP contribution in [0, 0.1) is 0 Å².